The number of amides is 1. The Kier molecular flexibility index (Phi) is 7.37. The van der Waals surface area contributed by atoms with Gasteiger partial charge < -0.3 is 20.1 Å². The highest BCUT2D eigenvalue weighted by atomic mass is 19.3. The average molecular weight is 445 g/mol. The maximum absolute atomic E-state index is 12.9. The molecule has 0 aromatic heterocycles. The number of ether oxygens (including phenoxy) is 1. The van der Waals surface area contributed by atoms with E-state index < -0.39 is 18.8 Å². The Hall–Kier alpha value is -2.51. The number of carbonyl (C=O) groups is 1. The molecule has 1 aliphatic heterocycles. The summed E-state index contributed by atoms with van der Waals surface area (Å²) in [6, 6.07) is 13.8. The highest BCUT2D eigenvalue weighted by Crippen LogP contribution is 2.29. The number of nitrogens with one attached hydrogen (secondary N) is 1. The molecule has 1 aliphatic carbocycles. The summed E-state index contributed by atoms with van der Waals surface area (Å²) in [6.45, 7) is -0.460. The summed E-state index contributed by atoms with van der Waals surface area (Å²) in [7, 11) is 0. The van der Waals surface area contributed by atoms with Crippen LogP contribution in [0.15, 0.2) is 48.5 Å². The summed E-state index contributed by atoms with van der Waals surface area (Å²) in [5.74, 6) is 0.239. The Morgan fingerprint density at radius 2 is 1.69 bits per heavy atom. The average Bonchev–Trinajstić information content (AvgIpc) is 3.42. The van der Waals surface area contributed by atoms with Crippen molar-refractivity contribution in [2.45, 2.75) is 50.9 Å². The SMILES string of the molecule is O=C(CC1Cc2ccccc2C1)NC(CN1CCCC1)[C@H](O)c1ccc(OC(F)F)cc1. The monoisotopic (exact) mass is 444 g/mol. The van der Waals surface area contributed by atoms with Crippen LogP contribution in [0.25, 0.3) is 0 Å². The van der Waals surface area contributed by atoms with Crippen LogP contribution in [0.5, 0.6) is 5.75 Å². The second kappa shape index (κ2) is 10.4. The van der Waals surface area contributed by atoms with E-state index in [0.717, 1.165) is 38.8 Å². The van der Waals surface area contributed by atoms with Crippen LogP contribution in [0.4, 0.5) is 8.78 Å². The smallest absolute Gasteiger partial charge is 0.387 e. The number of hydrogen-bond donors (Lipinski definition) is 2. The zero-order chi connectivity index (χ0) is 22.5. The van der Waals surface area contributed by atoms with Crippen LogP contribution in [0.3, 0.4) is 0 Å². The fraction of sp³-hybridized carbons (Fsp3) is 0.480. The fourth-order valence-electron chi connectivity index (χ4n) is 4.87. The van der Waals surface area contributed by atoms with E-state index in [1.807, 2.05) is 12.1 Å². The molecule has 1 unspecified atom stereocenters. The first kappa shape index (κ1) is 22.7. The Morgan fingerprint density at radius 3 is 2.28 bits per heavy atom. The second-order valence-electron chi connectivity index (χ2n) is 8.82. The van der Waals surface area contributed by atoms with E-state index in [9.17, 15) is 18.7 Å². The van der Waals surface area contributed by atoms with Gasteiger partial charge >= 0.3 is 6.61 Å². The maximum Gasteiger partial charge on any atom is 0.387 e. The predicted molar refractivity (Wildman–Crippen MR) is 118 cm³/mol. The lowest BCUT2D eigenvalue weighted by molar-refractivity contribution is -0.123. The molecule has 1 saturated heterocycles. The molecule has 1 heterocycles. The number of aliphatic hydroxyl groups excluding tert-OH is 1. The largest absolute Gasteiger partial charge is 0.435 e. The van der Waals surface area contributed by atoms with E-state index in [0.29, 0.717) is 18.5 Å². The molecule has 0 radical (unpaired) electrons. The van der Waals surface area contributed by atoms with Crippen molar-refractivity contribution in [3.05, 3.63) is 65.2 Å². The normalized spacial score (nSPS) is 18.5. The molecule has 2 atom stereocenters. The minimum absolute atomic E-state index is 0.0388. The number of rotatable bonds is 9. The van der Waals surface area contributed by atoms with Gasteiger partial charge in [0.1, 0.15) is 11.9 Å². The molecule has 0 bridgehead atoms. The summed E-state index contributed by atoms with van der Waals surface area (Å²) < 4.78 is 29.2. The van der Waals surface area contributed by atoms with Crippen molar-refractivity contribution in [1.29, 1.82) is 0 Å². The molecule has 2 aromatic rings. The number of carbonyl (C=O) groups excluding carboxylic acids is 1. The number of fused-ring (bicyclic) bond motifs is 1. The summed E-state index contributed by atoms with van der Waals surface area (Å²) in [5, 5.41) is 14.1. The molecule has 2 aromatic carbocycles. The Bertz CT molecular complexity index is 875. The van der Waals surface area contributed by atoms with E-state index in [4.69, 9.17) is 0 Å². The van der Waals surface area contributed by atoms with Crippen LogP contribution < -0.4 is 10.1 Å². The molecule has 5 nitrogen and oxygen atoms in total. The lowest BCUT2D eigenvalue weighted by Crippen LogP contribution is -2.47. The van der Waals surface area contributed by atoms with Crippen molar-refractivity contribution in [3.63, 3.8) is 0 Å². The highest BCUT2D eigenvalue weighted by Gasteiger charge is 2.29. The molecule has 0 spiro atoms. The van der Waals surface area contributed by atoms with Crippen LogP contribution >= 0.6 is 0 Å². The Morgan fingerprint density at radius 1 is 1.06 bits per heavy atom. The van der Waals surface area contributed by atoms with Crippen LogP contribution in [0, 0.1) is 5.92 Å². The van der Waals surface area contributed by atoms with Crippen molar-refractivity contribution in [2.75, 3.05) is 19.6 Å². The lowest BCUT2D eigenvalue weighted by Gasteiger charge is -2.29. The predicted octanol–water partition coefficient (Wildman–Crippen LogP) is 3.71. The van der Waals surface area contributed by atoms with Crippen molar-refractivity contribution < 1.29 is 23.4 Å². The van der Waals surface area contributed by atoms with Crippen molar-refractivity contribution >= 4 is 5.91 Å². The van der Waals surface area contributed by atoms with Gasteiger partial charge in [-0.25, -0.2) is 0 Å². The molecule has 2 N–H and O–H groups in total. The Balaban J connectivity index is 1.40. The van der Waals surface area contributed by atoms with Gasteiger partial charge in [-0.3, -0.25) is 4.79 Å². The minimum atomic E-state index is -2.89. The van der Waals surface area contributed by atoms with Crippen LogP contribution in [0.1, 0.15) is 42.1 Å². The van der Waals surface area contributed by atoms with Gasteiger partial charge in [0.25, 0.3) is 0 Å². The van der Waals surface area contributed by atoms with Gasteiger partial charge in [0.15, 0.2) is 0 Å². The van der Waals surface area contributed by atoms with Crippen molar-refractivity contribution in [1.82, 2.24) is 10.2 Å². The summed E-state index contributed by atoms with van der Waals surface area (Å²) in [5.41, 5.74) is 3.18. The molecule has 2 aliphatic rings. The topological polar surface area (TPSA) is 61.8 Å². The van der Waals surface area contributed by atoms with Crippen LogP contribution in [0.2, 0.25) is 0 Å². The molecular weight excluding hydrogens is 414 g/mol. The molecule has 172 valence electrons. The maximum atomic E-state index is 12.9. The summed E-state index contributed by atoms with van der Waals surface area (Å²) in [4.78, 5) is 15.1. The number of alkyl halides is 2. The molecule has 0 saturated carbocycles. The third-order valence-electron chi connectivity index (χ3n) is 6.44. The lowest BCUT2D eigenvalue weighted by atomic mass is 9.99. The first-order chi connectivity index (χ1) is 15.5. The van der Waals surface area contributed by atoms with E-state index in [-0.39, 0.29) is 17.6 Å². The number of likely N-dealkylation sites (tertiary alicyclic amines) is 1. The molecule has 32 heavy (non-hydrogen) atoms. The molecule has 1 fully saturated rings. The van der Waals surface area contributed by atoms with Gasteiger partial charge in [-0.15, -0.1) is 0 Å². The Labute approximate surface area is 187 Å². The minimum Gasteiger partial charge on any atom is -0.435 e. The summed E-state index contributed by atoms with van der Waals surface area (Å²) >= 11 is 0. The molecule has 4 rings (SSSR count). The zero-order valence-corrected chi connectivity index (χ0v) is 18.1. The van der Waals surface area contributed by atoms with Gasteiger partial charge in [0.05, 0.1) is 6.04 Å². The number of aliphatic hydroxyl groups is 1. The van der Waals surface area contributed by atoms with Gasteiger partial charge in [-0.2, -0.15) is 8.78 Å². The first-order valence-corrected chi connectivity index (χ1v) is 11.3. The van der Waals surface area contributed by atoms with Crippen LogP contribution in [-0.4, -0.2) is 48.2 Å². The van der Waals surface area contributed by atoms with Crippen molar-refractivity contribution in [3.8, 4) is 5.75 Å². The third kappa shape index (κ3) is 5.84. The van der Waals surface area contributed by atoms with E-state index in [2.05, 4.69) is 27.1 Å². The van der Waals surface area contributed by atoms with E-state index >= 15 is 0 Å². The van der Waals surface area contributed by atoms with Gasteiger partial charge in [0.2, 0.25) is 5.91 Å². The number of benzene rings is 2. The fourth-order valence-corrected chi connectivity index (χ4v) is 4.87. The van der Waals surface area contributed by atoms with Gasteiger partial charge in [0, 0.05) is 13.0 Å². The zero-order valence-electron chi connectivity index (χ0n) is 18.1. The van der Waals surface area contributed by atoms with Gasteiger partial charge in [-0.1, -0.05) is 36.4 Å². The molecular formula is C25H30F2N2O3. The quantitative estimate of drug-likeness (QED) is 0.619. The van der Waals surface area contributed by atoms with E-state index in [1.165, 1.54) is 23.3 Å². The van der Waals surface area contributed by atoms with Crippen molar-refractivity contribution in [2.24, 2.45) is 5.92 Å². The number of hydrogen-bond acceptors (Lipinski definition) is 4. The van der Waals surface area contributed by atoms with Gasteiger partial charge in [-0.05, 0) is 73.5 Å². The number of halogens is 2. The number of nitrogens with zero attached hydrogens (tertiary/aromatic N) is 1. The first-order valence-electron chi connectivity index (χ1n) is 11.3. The second-order valence-corrected chi connectivity index (χ2v) is 8.82. The molecule has 1 amide bonds. The highest BCUT2D eigenvalue weighted by molar-refractivity contribution is 5.77. The third-order valence-corrected chi connectivity index (χ3v) is 6.44. The van der Waals surface area contributed by atoms with Crippen LogP contribution in [-0.2, 0) is 17.6 Å². The molecule has 7 heteroatoms. The van der Waals surface area contributed by atoms with E-state index in [1.54, 1.807) is 12.1 Å². The standard InChI is InChI=1S/C25H30F2N2O3/c26-25(27)32-21-9-7-18(8-10-21)24(31)22(16-29-11-3-4-12-29)28-23(30)15-17-13-19-5-1-2-6-20(19)14-17/h1-2,5-10,17,22,24-25,31H,3-4,11-16H2,(H,28,30)/t22?,24-/m1/s1. The summed E-state index contributed by atoms with van der Waals surface area (Å²) in [6.07, 6.45) is 3.48.